The van der Waals surface area contributed by atoms with Crippen molar-refractivity contribution in [2.75, 3.05) is 16.8 Å². The van der Waals surface area contributed by atoms with Crippen LogP contribution in [0.4, 0.5) is 16.6 Å². The number of rotatable bonds is 9. The molecular weight excluding hydrogens is 630 g/mol. The van der Waals surface area contributed by atoms with Crippen molar-refractivity contribution in [3.63, 3.8) is 0 Å². The van der Waals surface area contributed by atoms with E-state index in [0.717, 1.165) is 73.0 Å². The van der Waals surface area contributed by atoms with E-state index in [9.17, 15) is 10.1 Å². The Morgan fingerprint density at radius 3 is 2.56 bits per heavy atom. The summed E-state index contributed by atoms with van der Waals surface area (Å²) in [5.41, 5.74) is 5.44. The molecule has 13 nitrogen and oxygen atoms in total. The minimum Gasteiger partial charge on any atom is -0.356 e. The van der Waals surface area contributed by atoms with Crippen molar-refractivity contribution in [1.29, 1.82) is 5.26 Å². The van der Waals surface area contributed by atoms with E-state index in [1.807, 2.05) is 73.4 Å². The number of pyridine rings is 1. The van der Waals surface area contributed by atoms with Crippen molar-refractivity contribution in [1.82, 2.24) is 39.8 Å². The summed E-state index contributed by atoms with van der Waals surface area (Å²) in [6.07, 6.45) is 13.0. The van der Waals surface area contributed by atoms with Gasteiger partial charge in [0.15, 0.2) is 6.23 Å². The van der Waals surface area contributed by atoms with E-state index in [1.54, 1.807) is 28.2 Å². The van der Waals surface area contributed by atoms with Crippen molar-refractivity contribution in [3.8, 4) is 28.6 Å². The molecular formula is C37H41N11O2. The van der Waals surface area contributed by atoms with Gasteiger partial charge >= 0.3 is 6.03 Å². The summed E-state index contributed by atoms with van der Waals surface area (Å²) in [7, 11) is 1.88. The third-order valence-electron chi connectivity index (χ3n) is 9.37. The summed E-state index contributed by atoms with van der Waals surface area (Å²) in [5, 5.41) is 25.5. The second kappa shape index (κ2) is 14.9. The van der Waals surface area contributed by atoms with Crippen LogP contribution in [0.1, 0.15) is 68.0 Å². The number of anilines is 2. The Labute approximate surface area is 291 Å². The zero-order valence-electron chi connectivity index (χ0n) is 28.4. The molecule has 2 amide bonds. The highest BCUT2D eigenvalue weighted by Crippen LogP contribution is 2.32. The summed E-state index contributed by atoms with van der Waals surface area (Å²) in [5.74, 6) is 1.07. The summed E-state index contributed by atoms with van der Waals surface area (Å²) < 4.78 is 9.64. The van der Waals surface area contributed by atoms with Gasteiger partial charge in [0.05, 0.1) is 29.3 Å². The largest absolute Gasteiger partial charge is 0.356 e. The molecule has 256 valence electrons. The molecule has 0 radical (unpaired) electrons. The van der Waals surface area contributed by atoms with Crippen LogP contribution in [0.2, 0.25) is 0 Å². The Morgan fingerprint density at radius 2 is 1.86 bits per heavy atom. The highest BCUT2D eigenvalue weighted by atomic mass is 16.5. The quantitative estimate of drug-likeness (QED) is 0.188. The molecule has 1 aromatic carbocycles. The number of nitriles is 1. The number of hydrogen-bond donors (Lipinski definition) is 2. The van der Waals surface area contributed by atoms with Crippen LogP contribution in [0.5, 0.6) is 0 Å². The van der Waals surface area contributed by atoms with E-state index in [4.69, 9.17) is 19.8 Å². The number of benzene rings is 1. The van der Waals surface area contributed by atoms with Crippen LogP contribution in [-0.4, -0.2) is 59.2 Å². The molecule has 0 spiro atoms. The van der Waals surface area contributed by atoms with E-state index in [-0.39, 0.29) is 24.3 Å². The fourth-order valence-electron chi connectivity index (χ4n) is 6.80. The number of carbonyl (C=O) groups excluding carboxylic acids is 1. The van der Waals surface area contributed by atoms with Gasteiger partial charge in [0.2, 0.25) is 5.95 Å². The minimum absolute atomic E-state index is 0.0502. The lowest BCUT2D eigenvalue weighted by molar-refractivity contribution is -0.0385. The van der Waals surface area contributed by atoms with Crippen molar-refractivity contribution >= 4 is 17.8 Å². The number of nitrogens with zero attached hydrogens (tertiary/aromatic N) is 9. The van der Waals surface area contributed by atoms with Crippen LogP contribution < -0.4 is 15.5 Å². The van der Waals surface area contributed by atoms with Crippen molar-refractivity contribution in [2.45, 2.75) is 76.7 Å². The van der Waals surface area contributed by atoms with Gasteiger partial charge in [-0.2, -0.15) is 15.5 Å². The van der Waals surface area contributed by atoms with Crippen LogP contribution in [0.15, 0.2) is 73.3 Å². The standard InChI is InChI=1S/C37H41N11O2/c1-25-18-32(48(45-25)34-10-6-7-17-50-34)35-28(19-38)22-40-36(44-35)43-30-12-14-31(15-13-30)47(37(49)41-20-26-8-4-3-5-9-26)33-16-11-27(21-39-33)29-23-42-46(2)24-29/h3-5,8-9,11,16,18,21-24,30-31,34H,6-7,10,12-15,17,20H2,1-2H3,(H,41,49)(H,40,43,44). The zero-order chi connectivity index (χ0) is 34.5. The van der Waals surface area contributed by atoms with E-state index >= 15 is 0 Å². The third kappa shape index (κ3) is 7.35. The normalized spacial score (nSPS) is 19.0. The Balaban J connectivity index is 1.07. The highest BCUT2D eigenvalue weighted by molar-refractivity contribution is 5.91. The Kier molecular flexibility index (Phi) is 9.79. The SMILES string of the molecule is Cc1cc(-c2nc(NC3CCC(N(C(=O)NCc4ccccc4)c4ccc(-c5cnn(C)c5)cn4)CC3)ncc2C#N)n(C2CCCCO2)n1. The minimum atomic E-state index is -0.186. The summed E-state index contributed by atoms with van der Waals surface area (Å²) in [6.45, 7) is 3.04. The van der Waals surface area contributed by atoms with Crippen molar-refractivity contribution in [3.05, 3.63) is 90.1 Å². The zero-order valence-corrected chi connectivity index (χ0v) is 28.4. The lowest BCUT2D eigenvalue weighted by Crippen LogP contribution is -2.49. The highest BCUT2D eigenvalue weighted by Gasteiger charge is 2.32. The second-order valence-electron chi connectivity index (χ2n) is 13.0. The smallest absolute Gasteiger partial charge is 0.323 e. The first-order valence-corrected chi connectivity index (χ1v) is 17.2. The lowest BCUT2D eigenvalue weighted by atomic mass is 9.90. The van der Waals surface area contributed by atoms with E-state index in [0.29, 0.717) is 36.2 Å². The maximum atomic E-state index is 13.8. The first kappa shape index (κ1) is 32.9. The van der Waals surface area contributed by atoms with Gasteiger partial charge in [-0.25, -0.2) is 24.4 Å². The van der Waals surface area contributed by atoms with Gasteiger partial charge in [-0.15, -0.1) is 0 Å². The number of nitrogens with one attached hydrogen (secondary N) is 2. The van der Waals surface area contributed by atoms with E-state index in [1.165, 1.54) is 0 Å². The average molecular weight is 672 g/mol. The summed E-state index contributed by atoms with van der Waals surface area (Å²) in [6, 6.07) is 17.8. The Bertz CT molecular complexity index is 1950. The Morgan fingerprint density at radius 1 is 1.02 bits per heavy atom. The molecule has 1 unspecified atom stereocenters. The van der Waals surface area contributed by atoms with Gasteiger partial charge in [-0.1, -0.05) is 30.3 Å². The molecule has 2 aliphatic rings. The second-order valence-corrected chi connectivity index (χ2v) is 13.0. The first-order chi connectivity index (χ1) is 24.4. The third-order valence-corrected chi connectivity index (χ3v) is 9.37. The molecule has 1 saturated carbocycles. The van der Waals surface area contributed by atoms with Gasteiger partial charge < -0.3 is 15.4 Å². The van der Waals surface area contributed by atoms with Crippen LogP contribution in [0, 0.1) is 18.3 Å². The molecule has 4 aromatic heterocycles. The number of amides is 2. The molecule has 13 heteroatoms. The number of urea groups is 1. The first-order valence-electron chi connectivity index (χ1n) is 17.2. The molecule has 7 rings (SSSR count). The molecule has 5 aromatic rings. The maximum Gasteiger partial charge on any atom is 0.323 e. The molecule has 1 saturated heterocycles. The van der Waals surface area contributed by atoms with Crippen molar-refractivity contribution < 1.29 is 9.53 Å². The predicted octanol–water partition coefficient (Wildman–Crippen LogP) is 6.15. The summed E-state index contributed by atoms with van der Waals surface area (Å²) >= 11 is 0. The average Bonchev–Trinajstić information content (AvgIpc) is 3.78. The monoisotopic (exact) mass is 671 g/mol. The fraction of sp³-hybridized carbons (Fsp3) is 0.378. The molecule has 5 heterocycles. The molecule has 1 aliphatic carbocycles. The molecule has 2 N–H and O–H groups in total. The maximum absolute atomic E-state index is 13.8. The Hall–Kier alpha value is -5.61. The molecule has 0 bridgehead atoms. The van der Waals surface area contributed by atoms with Gasteiger partial charge in [0.25, 0.3) is 0 Å². The molecule has 50 heavy (non-hydrogen) atoms. The van der Waals surface area contributed by atoms with Gasteiger partial charge in [0, 0.05) is 55.8 Å². The molecule has 1 aliphatic heterocycles. The predicted molar refractivity (Wildman–Crippen MR) is 189 cm³/mol. The number of hydrogen-bond acceptors (Lipinski definition) is 9. The van der Waals surface area contributed by atoms with Crippen LogP contribution in [-0.2, 0) is 18.3 Å². The van der Waals surface area contributed by atoms with Crippen LogP contribution in [0.25, 0.3) is 22.5 Å². The van der Waals surface area contributed by atoms with E-state index < -0.39 is 0 Å². The number of aromatic nitrogens is 7. The van der Waals surface area contributed by atoms with Crippen molar-refractivity contribution in [2.24, 2.45) is 7.05 Å². The number of carbonyl (C=O) groups is 1. The number of aryl methyl sites for hydroxylation is 2. The van der Waals surface area contributed by atoms with Gasteiger partial charge in [-0.3, -0.25) is 9.58 Å². The molecule has 1 atom stereocenters. The van der Waals surface area contributed by atoms with Crippen LogP contribution >= 0.6 is 0 Å². The molecule has 2 fully saturated rings. The lowest BCUT2D eigenvalue weighted by Gasteiger charge is -2.36. The van der Waals surface area contributed by atoms with E-state index in [2.05, 4.69) is 26.8 Å². The van der Waals surface area contributed by atoms with Gasteiger partial charge in [-0.05, 0) is 75.6 Å². The fourth-order valence-corrected chi connectivity index (χ4v) is 6.80. The van der Waals surface area contributed by atoms with Gasteiger partial charge in [0.1, 0.15) is 17.6 Å². The topological polar surface area (TPSA) is 152 Å². The summed E-state index contributed by atoms with van der Waals surface area (Å²) in [4.78, 5) is 29.7. The number of ether oxygens (including phenoxy) is 1. The van der Waals surface area contributed by atoms with Crippen LogP contribution in [0.3, 0.4) is 0 Å².